The molecule has 2 fully saturated rings. The second-order valence-corrected chi connectivity index (χ2v) is 8.53. The third-order valence-electron chi connectivity index (χ3n) is 6.61. The molecule has 6 nitrogen and oxygen atoms in total. The van der Waals surface area contributed by atoms with Gasteiger partial charge in [-0.05, 0) is 37.7 Å². The summed E-state index contributed by atoms with van der Waals surface area (Å²) < 4.78 is 54.1. The Kier molecular flexibility index (Phi) is 4.95. The number of carboxylic acid groups (broad SMARTS) is 1. The maximum Gasteiger partial charge on any atom is 0.403 e. The molecule has 4 aliphatic rings. The van der Waals surface area contributed by atoms with Gasteiger partial charge in [0.05, 0.1) is 11.7 Å². The van der Waals surface area contributed by atoms with Crippen LogP contribution >= 0.6 is 0 Å². The number of aliphatic carboxylic acids is 1. The van der Waals surface area contributed by atoms with Gasteiger partial charge in [0.15, 0.2) is 5.83 Å². The molecule has 1 saturated carbocycles. The predicted molar refractivity (Wildman–Crippen MR) is 98.2 cm³/mol. The van der Waals surface area contributed by atoms with Gasteiger partial charge in [-0.2, -0.15) is 13.2 Å². The van der Waals surface area contributed by atoms with E-state index >= 15 is 4.39 Å². The summed E-state index contributed by atoms with van der Waals surface area (Å²) in [6, 6.07) is -2.52. The minimum atomic E-state index is -4.52. The highest BCUT2D eigenvalue weighted by Gasteiger charge is 2.49. The molecule has 0 aromatic rings. The van der Waals surface area contributed by atoms with E-state index < -0.39 is 41.9 Å². The minimum absolute atomic E-state index is 0.0282. The molecule has 0 bridgehead atoms. The lowest BCUT2D eigenvalue weighted by molar-refractivity contribution is -0.157. The van der Waals surface area contributed by atoms with Gasteiger partial charge in [0, 0.05) is 31.1 Å². The molecule has 30 heavy (non-hydrogen) atoms. The van der Waals surface area contributed by atoms with Crippen LogP contribution in [0.4, 0.5) is 17.6 Å². The number of likely N-dealkylation sites (tertiary alicyclic amines) is 1. The van der Waals surface area contributed by atoms with Crippen LogP contribution in [-0.2, 0) is 9.59 Å². The monoisotopic (exact) mass is 429 g/mol. The van der Waals surface area contributed by atoms with Gasteiger partial charge >= 0.3 is 12.1 Å². The van der Waals surface area contributed by atoms with Gasteiger partial charge in [0.2, 0.25) is 0 Å². The number of halogens is 4. The number of fused-ring (bicyclic) bond motifs is 1. The minimum Gasteiger partial charge on any atom is -0.478 e. The number of nitrogens with zero attached hydrogens (tertiary/aromatic N) is 2. The van der Waals surface area contributed by atoms with Gasteiger partial charge in [-0.25, -0.2) is 9.18 Å². The van der Waals surface area contributed by atoms with E-state index in [9.17, 15) is 27.9 Å². The first-order valence-corrected chi connectivity index (χ1v) is 9.94. The molecule has 0 radical (unpaired) electrons. The highest BCUT2D eigenvalue weighted by molar-refractivity contribution is 6.16. The molecular formula is C20H23F4N3O3. The third kappa shape index (κ3) is 3.40. The molecule has 3 N–H and O–H groups in total. The van der Waals surface area contributed by atoms with E-state index in [2.05, 4.69) is 0 Å². The van der Waals surface area contributed by atoms with Crippen LogP contribution in [-0.4, -0.2) is 58.1 Å². The smallest absolute Gasteiger partial charge is 0.403 e. The molecule has 3 heterocycles. The Hall–Kier alpha value is -2.36. The summed E-state index contributed by atoms with van der Waals surface area (Å²) in [6.07, 6.45) is -0.104. The van der Waals surface area contributed by atoms with E-state index in [-0.39, 0.29) is 42.6 Å². The summed E-state index contributed by atoms with van der Waals surface area (Å²) in [6.45, 7) is 1.87. The molecule has 4 rings (SSSR count). The topological polar surface area (TPSA) is 86.9 Å². The second-order valence-electron chi connectivity index (χ2n) is 8.53. The van der Waals surface area contributed by atoms with E-state index in [0.717, 1.165) is 23.9 Å². The van der Waals surface area contributed by atoms with Crippen molar-refractivity contribution < 1.29 is 32.3 Å². The number of allylic oxidation sites excluding steroid dienone is 1. The van der Waals surface area contributed by atoms with Crippen LogP contribution in [0.15, 0.2) is 34.9 Å². The Labute approximate surface area is 170 Å². The van der Waals surface area contributed by atoms with Crippen molar-refractivity contribution in [1.29, 1.82) is 0 Å². The van der Waals surface area contributed by atoms with Crippen molar-refractivity contribution in [3.05, 3.63) is 34.9 Å². The van der Waals surface area contributed by atoms with Gasteiger partial charge < -0.3 is 20.6 Å². The van der Waals surface area contributed by atoms with Crippen LogP contribution in [0, 0.1) is 17.8 Å². The largest absolute Gasteiger partial charge is 0.478 e. The Morgan fingerprint density at radius 2 is 1.97 bits per heavy atom. The molecular weight excluding hydrogens is 406 g/mol. The summed E-state index contributed by atoms with van der Waals surface area (Å²) in [4.78, 5) is 26.8. The SMILES string of the molecule is CC1=C(N2CC[C@@H]([C@H](N)C(F)(F)F)C2)C(F)=CN2C(=O)C(C(=O)O)=CC(C3CC3)C12. The first-order chi connectivity index (χ1) is 14.0. The van der Waals surface area contributed by atoms with Crippen molar-refractivity contribution in [2.45, 2.75) is 44.4 Å². The van der Waals surface area contributed by atoms with Crippen molar-refractivity contribution in [2.75, 3.05) is 13.1 Å². The zero-order valence-corrected chi connectivity index (χ0v) is 16.3. The summed E-state index contributed by atoms with van der Waals surface area (Å²) >= 11 is 0. The quantitative estimate of drug-likeness (QED) is 0.530. The highest BCUT2D eigenvalue weighted by atomic mass is 19.4. The number of carboxylic acids is 1. The van der Waals surface area contributed by atoms with Crippen LogP contribution in [0.2, 0.25) is 0 Å². The number of amides is 1. The fraction of sp³-hybridized carbons (Fsp3) is 0.600. The maximum absolute atomic E-state index is 15.1. The number of nitrogens with two attached hydrogens (primary N) is 1. The molecule has 4 atom stereocenters. The van der Waals surface area contributed by atoms with Crippen LogP contribution in [0.25, 0.3) is 0 Å². The van der Waals surface area contributed by atoms with Gasteiger partial charge in [-0.15, -0.1) is 0 Å². The lowest BCUT2D eigenvalue weighted by Crippen LogP contribution is -2.50. The standard InChI is InChI=1S/C20H23F4N3O3/c1-9-15-12(10-2-3-10)6-13(19(29)30)18(28)27(15)8-14(21)16(9)26-5-4-11(7-26)17(25)20(22,23)24/h6,8,10-12,15,17H,2-5,7,25H2,1H3,(H,29,30)/t11-,12?,15?,17+/m1/s1. The normalized spacial score (nSPS) is 30.9. The third-order valence-corrected chi connectivity index (χ3v) is 6.61. The average Bonchev–Trinajstić information content (AvgIpc) is 3.38. The molecule has 164 valence electrons. The van der Waals surface area contributed by atoms with Gasteiger partial charge in [0.1, 0.15) is 11.6 Å². The van der Waals surface area contributed by atoms with Crippen molar-refractivity contribution in [3.8, 4) is 0 Å². The number of hydrogen-bond acceptors (Lipinski definition) is 4. The first-order valence-electron chi connectivity index (χ1n) is 9.94. The fourth-order valence-corrected chi connectivity index (χ4v) is 4.94. The van der Waals surface area contributed by atoms with Gasteiger partial charge in [-0.3, -0.25) is 4.79 Å². The predicted octanol–water partition coefficient (Wildman–Crippen LogP) is 2.54. The summed E-state index contributed by atoms with van der Waals surface area (Å²) in [5.74, 6) is -3.81. The van der Waals surface area contributed by atoms with Crippen LogP contribution in [0.3, 0.4) is 0 Å². The van der Waals surface area contributed by atoms with Gasteiger partial charge in [-0.1, -0.05) is 6.08 Å². The number of rotatable bonds is 4. The number of carbonyl (C=O) groups excluding carboxylic acids is 1. The lowest BCUT2D eigenvalue weighted by Gasteiger charge is -2.43. The Balaban J connectivity index is 1.67. The molecule has 0 aromatic heterocycles. The molecule has 1 amide bonds. The van der Waals surface area contributed by atoms with Crippen LogP contribution in [0.5, 0.6) is 0 Å². The highest BCUT2D eigenvalue weighted by Crippen LogP contribution is 2.48. The summed E-state index contributed by atoms with van der Waals surface area (Å²) in [5, 5.41) is 9.37. The van der Waals surface area contributed by atoms with Crippen molar-refractivity contribution in [2.24, 2.45) is 23.5 Å². The Morgan fingerprint density at radius 3 is 2.53 bits per heavy atom. The van der Waals surface area contributed by atoms with Crippen LogP contribution in [0.1, 0.15) is 26.2 Å². The summed E-state index contributed by atoms with van der Waals surface area (Å²) in [7, 11) is 0. The van der Waals surface area contributed by atoms with Gasteiger partial charge in [0.25, 0.3) is 5.91 Å². The number of carbonyl (C=O) groups is 2. The molecule has 10 heteroatoms. The molecule has 3 aliphatic heterocycles. The Bertz CT molecular complexity index is 875. The molecule has 1 saturated heterocycles. The second kappa shape index (κ2) is 7.11. The Morgan fingerprint density at radius 1 is 1.30 bits per heavy atom. The van der Waals surface area contributed by atoms with Crippen molar-refractivity contribution in [1.82, 2.24) is 9.80 Å². The van der Waals surface area contributed by atoms with E-state index in [0.29, 0.717) is 5.57 Å². The van der Waals surface area contributed by atoms with Crippen LogP contribution < -0.4 is 5.73 Å². The fourth-order valence-electron chi connectivity index (χ4n) is 4.94. The van der Waals surface area contributed by atoms with E-state index in [4.69, 9.17) is 5.73 Å². The lowest BCUT2D eigenvalue weighted by atomic mass is 9.81. The van der Waals surface area contributed by atoms with Crippen molar-refractivity contribution >= 4 is 11.9 Å². The molecule has 2 unspecified atom stereocenters. The summed E-state index contributed by atoms with van der Waals surface area (Å²) in [5.41, 5.74) is 5.71. The van der Waals surface area contributed by atoms with E-state index in [1.165, 1.54) is 6.08 Å². The zero-order chi connectivity index (χ0) is 22.0. The average molecular weight is 429 g/mol. The molecule has 0 spiro atoms. The molecule has 0 aromatic carbocycles. The van der Waals surface area contributed by atoms with E-state index in [1.807, 2.05) is 0 Å². The maximum atomic E-state index is 15.1. The number of alkyl halides is 3. The van der Waals surface area contributed by atoms with Crippen molar-refractivity contribution in [3.63, 3.8) is 0 Å². The zero-order valence-electron chi connectivity index (χ0n) is 16.3. The van der Waals surface area contributed by atoms with E-state index in [1.54, 1.807) is 11.8 Å². The first kappa shape index (κ1) is 20.9. The molecule has 1 aliphatic carbocycles. The number of hydrogen-bond donors (Lipinski definition) is 2.